The van der Waals surface area contributed by atoms with Crippen molar-refractivity contribution in [3.63, 3.8) is 0 Å². The van der Waals surface area contributed by atoms with Crippen LogP contribution in [0, 0.1) is 11.3 Å². The smallest absolute Gasteiger partial charge is 0.240 e. The van der Waals surface area contributed by atoms with Crippen LogP contribution in [0.1, 0.15) is 21.5 Å². The molecule has 0 heterocycles. The van der Waals surface area contributed by atoms with Gasteiger partial charge < -0.3 is 4.90 Å². The van der Waals surface area contributed by atoms with Crippen molar-refractivity contribution in [3.05, 3.63) is 77.5 Å². The van der Waals surface area contributed by atoms with Gasteiger partial charge in [-0.25, -0.2) is 13.1 Å². The molecule has 6 nitrogen and oxygen atoms in total. The average Bonchev–Trinajstić information content (AvgIpc) is 2.64. The summed E-state index contributed by atoms with van der Waals surface area (Å²) in [6, 6.07) is 14.5. The highest BCUT2D eigenvalue weighted by Gasteiger charge is 2.14. The number of ketones is 1. The third kappa shape index (κ3) is 5.28. The number of nitrogens with one attached hydrogen (secondary N) is 1. The number of rotatable bonds is 7. The van der Waals surface area contributed by atoms with E-state index in [1.165, 1.54) is 30.3 Å². The zero-order valence-electron chi connectivity index (χ0n) is 14.5. The summed E-state index contributed by atoms with van der Waals surface area (Å²) in [5, 5.41) is 8.89. The molecule has 2 aromatic rings. The van der Waals surface area contributed by atoms with E-state index in [4.69, 9.17) is 5.26 Å². The molecule has 7 heteroatoms. The van der Waals surface area contributed by atoms with Crippen LogP contribution in [0.4, 0.5) is 0 Å². The summed E-state index contributed by atoms with van der Waals surface area (Å²) in [4.78, 5) is 13.9. The van der Waals surface area contributed by atoms with E-state index in [1.807, 2.05) is 20.2 Å². The normalized spacial score (nSPS) is 11.3. The fraction of sp³-hybridized carbons (Fsp3) is 0.158. The fourth-order valence-corrected chi connectivity index (χ4v) is 3.21. The van der Waals surface area contributed by atoms with Crippen molar-refractivity contribution in [1.29, 1.82) is 5.26 Å². The molecule has 0 aliphatic heterocycles. The predicted molar refractivity (Wildman–Crippen MR) is 98.8 cm³/mol. The van der Waals surface area contributed by atoms with E-state index in [0.29, 0.717) is 11.1 Å². The Morgan fingerprint density at radius 2 is 1.92 bits per heavy atom. The first kappa shape index (κ1) is 19.4. The van der Waals surface area contributed by atoms with Gasteiger partial charge in [-0.1, -0.05) is 24.3 Å². The Kier molecular flexibility index (Phi) is 6.28. The van der Waals surface area contributed by atoms with E-state index >= 15 is 0 Å². The minimum atomic E-state index is -3.75. The predicted octanol–water partition coefficient (Wildman–Crippen LogP) is 2.29. The van der Waals surface area contributed by atoms with Crippen LogP contribution >= 0.6 is 0 Å². The number of allylic oxidation sites excluding steroid dienone is 1. The van der Waals surface area contributed by atoms with E-state index in [0.717, 1.165) is 0 Å². The standard InChI is InChI=1S/C19H19N3O3S/c1-22(2)10-9-19(23)17-7-3-6-16(11-17)14-21-26(24,25)18-8-4-5-15(12-18)13-20/h3-12,21H,14H2,1-2H3. The molecule has 2 rings (SSSR count). The van der Waals surface area contributed by atoms with Crippen LogP contribution in [0.2, 0.25) is 0 Å². The van der Waals surface area contributed by atoms with Crippen molar-refractivity contribution in [1.82, 2.24) is 9.62 Å². The molecule has 2 aromatic carbocycles. The van der Waals surface area contributed by atoms with Crippen molar-refractivity contribution in [2.24, 2.45) is 0 Å². The van der Waals surface area contributed by atoms with Gasteiger partial charge in [0.1, 0.15) is 0 Å². The first-order valence-corrected chi connectivity index (χ1v) is 9.28. The van der Waals surface area contributed by atoms with Gasteiger partial charge >= 0.3 is 0 Å². The molecular formula is C19H19N3O3S. The summed E-state index contributed by atoms with van der Waals surface area (Å²) in [5.74, 6) is -0.162. The van der Waals surface area contributed by atoms with Crippen molar-refractivity contribution >= 4 is 15.8 Å². The number of carbonyl (C=O) groups is 1. The monoisotopic (exact) mass is 369 g/mol. The summed E-state index contributed by atoms with van der Waals surface area (Å²) >= 11 is 0. The van der Waals surface area contributed by atoms with Crippen LogP contribution in [0.5, 0.6) is 0 Å². The van der Waals surface area contributed by atoms with Gasteiger partial charge in [0.15, 0.2) is 5.78 Å². The highest BCUT2D eigenvalue weighted by atomic mass is 32.2. The lowest BCUT2D eigenvalue weighted by atomic mass is 10.1. The number of carbonyl (C=O) groups excluding carboxylic acids is 1. The lowest BCUT2D eigenvalue weighted by Crippen LogP contribution is -2.23. The number of hydrogen-bond acceptors (Lipinski definition) is 5. The summed E-state index contributed by atoms with van der Waals surface area (Å²) in [7, 11) is -0.121. The van der Waals surface area contributed by atoms with Crippen molar-refractivity contribution in [2.75, 3.05) is 14.1 Å². The van der Waals surface area contributed by atoms with E-state index in [2.05, 4.69) is 4.72 Å². The zero-order valence-corrected chi connectivity index (χ0v) is 15.3. The highest BCUT2D eigenvalue weighted by Crippen LogP contribution is 2.13. The van der Waals surface area contributed by atoms with Crippen molar-refractivity contribution in [3.8, 4) is 6.07 Å². The largest absolute Gasteiger partial charge is 0.383 e. The van der Waals surface area contributed by atoms with Gasteiger partial charge in [0.2, 0.25) is 10.0 Å². The van der Waals surface area contributed by atoms with Gasteiger partial charge in [0.05, 0.1) is 16.5 Å². The van der Waals surface area contributed by atoms with Gasteiger partial charge in [-0.3, -0.25) is 4.79 Å². The molecule has 0 aromatic heterocycles. The fourth-order valence-electron chi connectivity index (χ4n) is 2.14. The molecule has 134 valence electrons. The van der Waals surface area contributed by atoms with Crippen LogP contribution < -0.4 is 4.72 Å². The van der Waals surface area contributed by atoms with Gasteiger partial charge in [0.25, 0.3) is 0 Å². The van der Waals surface area contributed by atoms with E-state index in [-0.39, 0.29) is 22.8 Å². The number of nitriles is 1. The number of benzene rings is 2. The van der Waals surface area contributed by atoms with Crippen molar-refractivity contribution < 1.29 is 13.2 Å². The second-order valence-corrected chi connectivity index (χ2v) is 7.58. The van der Waals surface area contributed by atoms with Crippen LogP contribution in [-0.4, -0.2) is 33.2 Å². The highest BCUT2D eigenvalue weighted by molar-refractivity contribution is 7.89. The van der Waals surface area contributed by atoms with Crippen LogP contribution in [0.25, 0.3) is 0 Å². The van der Waals surface area contributed by atoms with Gasteiger partial charge in [-0.15, -0.1) is 0 Å². The van der Waals surface area contributed by atoms with Crippen LogP contribution in [0.3, 0.4) is 0 Å². The first-order chi connectivity index (χ1) is 12.3. The number of sulfonamides is 1. The molecule has 0 fully saturated rings. The Balaban J connectivity index is 2.13. The molecule has 0 atom stereocenters. The maximum atomic E-state index is 12.4. The van der Waals surface area contributed by atoms with Gasteiger partial charge in [-0.2, -0.15) is 5.26 Å². The molecule has 0 aliphatic carbocycles. The van der Waals surface area contributed by atoms with E-state index < -0.39 is 10.0 Å². The summed E-state index contributed by atoms with van der Waals surface area (Å²) in [6.07, 6.45) is 3.11. The minimum Gasteiger partial charge on any atom is -0.383 e. The Hall–Kier alpha value is -2.95. The average molecular weight is 369 g/mol. The Bertz CT molecular complexity index is 974. The zero-order chi connectivity index (χ0) is 19.2. The molecular weight excluding hydrogens is 350 g/mol. The minimum absolute atomic E-state index is 0.0256. The second-order valence-electron chi connectivity index (χ2n) is 5.81. The molecule has 0 aliphatic rings. The topological polar surface area (TPSA) is 90.3 Å². The van der Waals surface area contributed by atoms with E-state index in [1.54, 1.807) is 35.4 Å². The Labute approximate surface area is 153 Å². The number of nitrogens with zero attached hydrogens (tertiary/aromatic N) is 2. The third-order valence-electron chi connectivity index (χ3n) is 3.48. The Morgan fingerprint density at radius 3 is 2.62 bits per heavy atom. The molecule has 0 unspecified atom stereocenters. The maximum Gasteiger partial charge on any atom is 0.240 e. The molecule has 26 heavy (non-hydrogen) atoms. The summed E-state index contributed by atoms with van der Waals surface area (Å²) in [5.41, 5.74) is 1.41. The summed E-state index contributed by atoms with van der Waals surface area (Å²) in [6.45, 7) is 0.0393. The molecule has 0 spiro atoms. The molecule has 0 saturated carbocycles. The van der Waals surface area contributed by atoms with Crippen LogP contribution in [-0.2, 0) is 16.6 Å². The summed E-state index contributed by atoms with van der Waals surface area (Å²) < 4.78 is 27.2. The maximum absolute atomic E-state index is 12.4. The van der Waals surface area contributed by atoms with Crippen molar-refractivity contribution in [2.45, 2.75) is 11.4 Å². The molecule has 0 saturated heterocycles. The van der Waals surface area contributed by atoms with Gasteiger partial charge in [-0.05, 0) is 29.8 Å². The van der Waals surface area contributed by atoms with E-state index in [9.17, 15) is 13.2 Å². The third-order valence-corrected chi connectivity index (χ3v) is 4.87. The first-order valence-electron chi connectivity index (χ1n) is 7.79. The Morgan fingerprint density at radius 1 is 1.19 bits per heavy atom. The molecule has 0 amide bonds. The lowest BCUT2D eigenvalue weighted by Gasteiger charge is -2.08. The molecule has 0 bridgehead atoms. The number of hydrogen-bond donors (Lipinski definition) is 1. The lowest BCUT2D eigenvalue weighted by molar-refractivity contribution is 0.104. The second kappa shape index (κ2) is 8.43. The molecule has 0 radical (unpaired) electrons. The quantitative estimate of drug-likeness (QED) is 0.597. The van der Waals surface area contributed by atoms with Gasteiger partial charge in [0, 0.05) is 38.5 Å². The van der Waals surface area contributed by atoms with Crippen LogP contribution in [0.15, 0.2) is 65.7 Å². The molecule has 1 N–H and O–H groups in total. The SMILES string of the molecule is CN(C)C=CC(=O)c1cccc(CNS(=O)(=O)c2cccc(C#N)c2)c1.